The van der Waals surface area contributed by atoms with Gasteiger partial charge in [-0.25, -0.2) is 4.98 Å². The van der Waals surface area contributed by atoms with Gasteiger partial charge in [-0.3, -0.25) is 4.79 Å². The molecule has 0 bridgehead atoms. The monoisotopic (exact) mass is 383 g/mol. The molecular formula is C21H25N3O2S. The van der Waals surface area contributed by atoms with E-state index >= 15 is 0 Å². The van der Waals surface area contributed by atoms with Crippen molar-refractivity contribution in [1.82, 2.24) is 14.5 Å². The number of hydrogen-bond donors (Lipinski definition) is 0. The van der Waals surface area contributed by atoms with Crippen LogP contribution in [0, 0.1) is 0 Å². The Kier molecular flexibility index (Phi) is 6.40. The molecule has 6 heteroatoms. The Bertz CT molecular complexity index is 905. The lowest BCUT2D eigenvalue weighted by molar-refractivity contribution is -0.132. The lowest BCUT2D eigenvalue weighted by Crippen LogP contribution is -2.33. The lowest BCUT2D eigenvalue weighted by Gasteiger charge is -2.22. The number of methoxy groups -OCH3 is 1. The van der Waals surface area contributed by atoms with Gasteiger partial charge < -0.3 is 14.2 Å². The zero-order valence-corrected chi connectivity index (χ0v) is 16.8. The average Bonchev–Trinajstić information content (AvgIpc) is 3.04. The van der Waals surface area contributed by atoms with Crippen molar-refractivity contribution in [2.45, 2.75) is 25.8 Å². The van der Waals surface area contributed by atoms with E-state index in [2.05, 4.69) is 0 Å². The van der Waals surface area contributed by atoms with Crippen LogP contribution in [0.1, 0.15) is 18.3 Å². The van der Waals surface area contributed by atoms with Crippen molar-refractivity contribution in [2.75, 3.05) is 19.9 Å². The molecule has 0 aliphatic heterocycles. The molecule has 1 aromatic heterocycles. The van der Waals surface area contributed by atoms with Gasteiger partial charge in [0.05, 0.1) is 23.9 Å². The number of rotatable bonds is 8. The number of benzene rings is 2. The number of aromatic nitrogens is 2. The van der Waals surface area contributed by atoms with Crippen LogP contribution >= 0.6 is 11.8 Å². The van der Waals surface area contributed by atoms with Crippen LogP contribution in [0.15, 0.2) is 48.5 Å². The van der Waals surface area contributed by atoms with Crippen LogP contribution < -0.4 is 4.74 Å². The van der Waals surface area contributed by atoms with E-state index < -0.39 is 0 Å². The summed E-state index contributed by atoms with van der Waals surface area (Å²) in [5.74, 6) is 2.64. The highest BCUT2D eigenvalue weighted by molar-refractivity contribution is 7.97. The Balaban J connectivity index is 1.80. The van der Waals surface area contributed by atoms with Gasteiger partial charge in [0.2, 0.25) is 5.91 Å². The number of imidazole rings is 1. The SMILES string of the molecule is CCN(Cc1ccc(OC)cc1)C(=O)Cn1c(CSC)nc2ccccc21. The van der Waals surface area contributed by atoms with Crippen molar-refractivity contribution in [2.24, 2.45) is 0 Å². The van der Waals surface area contributed by atoms with Gasteiger partial charge in [0.15, 0.2) is 0 Å². The van der Waals surface area contributed by atoms with Crippen LogP contribution in [-0.2, 0) is 23.6 Å². The van der Waals surface area contributed by atoms with E-state index in [4.69, 9.17) is 9.72 Å². The van der Waals surface area contributed by atoms with Gasteiger partial charge in [-0.1, -0.05) is 24.3 Å². The first-order chi connectivity index (χ1) is 13.2. The average molecular weight is 384 g/mol. The molecule has 0 radical (unpaired) electrons. The minimum absolute atomic E-state index is 0.0961. The predicted octanol–water partition coefficient (Wildman–Crippen LogP) is 3.96. The van der Waals surface area contributed by atoms with Crippen molar-refractivity contribution < 1.29 is 9.53 Å². The number of thioether (sulfide) groups is 1. The molecule has 0 N–H and O–H groups in total. The van der Waals surface area contributed by atoms with Crippen molar-refractivity contribution >= 4 is 28.7 Å². The summed E-state index contributed by atoms with van der Waals surface area (Å²) in [5.41, 5.74) is 3.04. The maximum atomic E-state index is 13.0. The molecule has 3 rings (SSSR count). The molecule has 0 unspecified atom stereocenters. The highest BCUT2D eigenvalue weighted by atomic mass is 32.2. The van der Waals surface area contributed by atoms with Crippen LogP contribution in [0.25, 0.3) is 11.0 Å². The van der Waals surface area contributed by atoms with Gasteiger partial charge in [0.1, 0.15) is 18.1 Å². The first-order valence-corrected chi connectivity index (χ1v) is 10.4. The van der Waals surface area contributed by atoms with Crippen molar-refractivity contribution in [3.63, 3.8) is 0 Å². The highest BCUT2D eigenvalue weighted by Crippen LogP contribution is 2.20. The number of amides is 1. The third-order valence-electron chi connectivity index (χ3n) is 4.57. The molecule has 2 aromatic carbocycles. The van der Waals surface area contributed by atoms with E-state index in [9.17, 15) is 4.79 Å². The number of fused-ring (bicyclic) bond motifs is 1. The third-order valence-corrected chi connectivity index (χ3v) is 5.11. The normalized spacial score (nSPS) is 10.9. The molecule has 1 heterocycles. The van der Waals surface area contributed by atoms with Gasteiger partial charge in [-0.05, 0) is 43.0 Å². The number of hydrogen-bond acceptors (Lipinski definition) is 4. The first-order valence-electron chi connectivity index (χ1n) is 9.00. The number of carbonyl (C=O) groups excluding carboxylic acids is 1. The summed E-state index contributed by atoms with van der Waals surface area (Å²) in [6.07, 6.45) is 2.05. The van der Waals surface area contributed by atoms with Crippen LogP contribution in [0.5, 0.6) is 5.75 Å². The second-order valence-electron chi connectivity index (χ2n) is 6.29. The van der Waals surface area contributed by atoms with E-state index in [0.29, 0.717) is 19.6 Å². The molecule has 0 atom stereocenters. The van der Waals surface area contributed by atoms with Gasteiger partial charge in [0.25, 0.3) is 0 Å². The molecule has 0 aliphatic rings. The predicted molar refractivity (Wildman–Crippen MR) is 111 cm³/mol. The van der Waals surface area contributed by atoms with Crippen molar-refractivity contribution in [3.8, 4) is 5.75 Å². The largest absolute Gasteiger partial charge is 0.497 e. The molecule has 0 saturated heterocycles. The number of likely N-dealkylation sites (N-methyl/N-ethyl adjacent to an activating group) is 1. The fourth-order valence-electron chi connectivity index (χ4n) is 3.10. The van der Waals surface area contributed by atoms with E-state index in [1.807, 2.05) is 71.2 Å². The standard InChI is InChI=1S/C21H25N3O2S/c1-4-23(13-16-9-11-17(26-2)12-10-16)21(25)14-24-19-8-6-5-7-18(19)22-20(24)15-27-3/h5-12H,4,13-15H2,1-3H3. The van der Waals surface area contributed by atoms with Crippen LogP contribution in [-0.4, -0.2) is 40.3 Å². The molecule has 3 aromatic rings. The minimum atomic E-state index is 0.0961. The zero-order valence-electron chi connectivity index (χ0n) is 16.0. The van der Waals surface area contributed by atoms with E-state index in [1.54, 1.807) is 18.9 Å². The Morgan fingerprint density at radius 2 is 1.93 bits per heavy atom. The molecule has 142 valence electrons. The van der Waals surface area contributed by atoms with Crippen LogP contribution in [0.3, 0.4) is 0 Å². The number of para-hydroxylation sites is 2. The fraction of sp³-hybridized carbons (Fsp3) is 0.333. The van der Waals surface area contributed by atoms with E-state index in [-0.39, 0.29) is 5.91 Å². The van der Waals surface area contributed by atoms with Gasteiger partial charge in [0, 0.05) is 13.1 Å². The Labute approximate surface area is 164 Å². The quantitative estimate of drug-likeness (QED) is 0.591. The minimum Gasteiger partial charge on any atom is -0.497 e. The van der Waals surface area contributed by atoms with Gasteiger partial charge in [-0.2, -0.15) is 11.8 Å². The Morgan fingerprint density at radius 3 is 2.59 bits per heavy atom. The molecule has 27 heavy (non-hydrogen) atoms. The highest BCUT2D eigenvalue weighted by Gasteiger charge is 2.17. The summed E-state index contributed by atoms with van der Waals surface area (Å²) in [6.45, 7) is 3.57. The molecule has 0 fully saturated rings. The summed E-state index contributed by atoms with van der Waals surface area (Å²) in [6, 6.07) is 15.8. The van der Waals surface area contributed by atoms with Crippen LogP contribution in [0.4, 0.5) is 0 Å². The molecule has 1 amide bonds. The maximum Gasteiger partial charge on any atom is 0.242 e. The maximum absolute atomic E-state index is 13.0. The summed E-state index contributed by atoms with van der Waals surface area (Å²) in [5, 5.41) is 0. The first kappa shape index (κ1) is 19.3. The number of ether oxygens (including phenoxy) is 1. The van der Waals surface area contributed by atoms with Crippen molar-refractivity contribution in [3.05, 3.63) is 59.9 Å². The fourth-order valence-corrected chi connectivity index (χ4v) is 3.58. The molecule has 0 aliphatic carbocycles. The van der Waals surface area contributed by atoms with Gasteiger partial charge in [-0.15, -0.1) is 0 Å². The van der Waals surface area contributed by atoms with Crippen LogP contribution in [0.2, 0.25) is 0 Å². The smallest absolute Gasteiger partial charge is 0.242 e. The molecule has 0 spiro atoms. The molecule has 0 saturated carbocycles. The summed E-state index contributed by atoms with van der Waals surface area (Å²) in [4.78, 5) is 19.6. The number of nitrogens with zero attached hydrogens (tertiary/aromatic N) is 3. The second kappa shape index (κ2) is 8.95. The second-order valence-corrected chi connectivity index (χ2v) is 7.16. The zero-order chi connectivity index (χ0) is 19.2. The van der Waals surface area contributed by atoms with E-state index in [1.165, 1.54) is 0 Å². The number of carbonyl (C=O) groups is 1. The topological polar surface area (TPSA) is 47.4 Å². The van der Waals surface area contributed by atoms with Crippen molar-refractivity contribution in [1.29, 1.82) is 0 Å². The summed E-state index contributed by atoms with van der Waals surface area (Å²) in [7, 11) is 1.65. The molecular weight excluding hydrogens is 358 g/mol. The Hall–Kier alpha value is -2.47. The molecule has 5 nitrogen and oxygen atoms in total. The third kappa shape index (κ3) is 4.45. The summed E-state index contributed by atoms with van der Waals surface area (Å²) >= 11 is 1.71. The lowest BCUT2D eigenvalue weighted by atomic mass is 10.2. The Morgan fingerprint density at radius 1 is 1.19 bits per heavy atom. The summed E-state index contributed by atoms with van der Waals surface area (Å²) < 4.78 is 7.25. The van der Waals surface area contributed by atoms with E-state index in [0.717, 1.165) is 33.9 Å². The van der Waals surface area contributed by atoms with Gasteiger partial charge >= 0.3 is 0 Å².